The van der Waals surface area contributed by atoms with Crippen molar-refractivity contribution in [3.05, 3.63) is 40.8 Å². The molecule has 1 aromatic carbocycles. The average Bonchev–Trinajstić information content (AvgIpc) is 3.46. The summed E-state index contributed by atoms with van der Waals surface area (Å²) in [6, 6.07) is 10.9. The molecule has 220 valence electrons. The molecule has 1 N–H and O–H groups in total. The van der Waals surface area contributed by atoms with Gasteiger partial charge in [0.15, 0.2) is 0 Å². The molecule has 6 rings (SSSR count). The fourth-order valence-electron chi connectivity index (χ4n) is 7.21. The molecule has 2 aliphatic heterocycles. The van der Waals surface area contributed by atoms with Gasteiger partial charge in [0.25, 0.3) is 0 Å². The van der Waals surface area contributed by atoms with Crippen LogP contribution < -0.4 is 4.90 Å². The van der Waals surface area contributed by atoms with Gasteiger partial charge in [0, 0.05) is 57.7 Å². The van der Waals surface area contributed by atoms with Crippen LogP contribution in [0.4, 0.5) is 5.69 Å². The smallest absolute Gasteiger partial charge is 0.345 e. The number of carboxylic acid groups (broad SMARTS) is 1. The van der Waals surface area contributed by atoms with Gasteiger partial charge in [-0.3, -0.25) is 0 Å². The largest absolute Gasteiger partial charge is 0.477 e. The Morgan fingerprint density at radius 3 is 2.60 bits per heavy atom. The van der Waals surface area contributed by atoms with E-state index in [9.17, 15) is 9.90 Å². The molecule has 2 aromatic heterocycles. The number of methoxy groups -OCH3 is 1. The highest BCUT2D eigenvalue weighted by atomic mass is 35.5. The number of halogens is 2. The van der Waals surface area contributed by atoms with E-state index in [-0.39, 0.29) is 24.8 Å². The van der Waals surface area contributed by atoms with Crippen LogP contribution in [0.15, 0.2) is 30.3 Å². The molecule has 9 heteroatoms. The van der Waals surface area contributed by atoms with Gasteiger partial charge in [0.05, 0.1) is 15.9 Å². The first kappa shape index (κ1) is 31.2. The second-order valence-electron chi connectivity index (χ2n) is 11.5. The molecule has 40 heavy (non-hydrogen) atoms. The highest BCUT2D eigenvalue weighted by Crippen LogP contribution is 2.49. The maximum absolute atomic E-state index is 11.9. The fraction of sp³-hybridized carbons (Fsp3) is 0.581. The van der Waals surface area contributed by atoms with Crippen LogP contribution in [-0.4, -0.2) is 67.0 Å². The summed E-state index contributed by atoms with van der Waals surface area (Å²) in [6.45, 7) is 7.16. The lowest BCUT2D eigenvalue weighted by Gasteiger charge is -2.35. The monoisotopic (exact) mass is 607 g/mol. The number of thiophene rings is 1. The van der Waals surface area contributed by atoms with Crippen LogP contribution in [0.3, 0.4) is 0 Å². The molecule has 1 aliphatic carbocycles. The Labute approximate surface area is 254 Å². The number of carbonyl (C=O) groups is 1. The molecular formula is C31H43Cl2N3O3S. The first-order valence-corrected chi connectivity index (χ1v) is 15.4. The Morgan fingerprint density at radius 2 is 1.82 bits per heavy atom. The third-order valence-corrected chi connectivity index (χ3v) is 10.3. The molecule has 1 saturated heterocycles. The first-order chi connectivity index (χ1) is 18.6. The predicted octanol–water partition coefficient (Wildman–Crippen LogP) is 7.53. The average molecular weight is 609 g/mol. The first-order valence-electron chi connectivity index (χ1n) is 14.6. The number of anilines is 1. The van der Waals surface area contributed by atoms with E-state index in [0.29, 0.717) is 10.8 Å². The summed E-state index contributed by atoms with van der Waals surface area (Å²) in [5.41, 5.74) is 6.55. The summed E-state index contributed by atoms with van der Waals surface area (Å²) in [4.78, 5) is 17.6. The van der Waals surface area contributed by atoms with E-state index in [2.05, 4.69) is 38.6 Å². The Balaban J connectivity index is 0.00000185. The minimum atomic E-state index is -0.809. The van der Waals surface area contributed by atoms with E-state index in [1.807, 2.05) is 6.07 Å². The standard InChI is InChI=1S/C31H41N3O3S.2ClH/c1-37-19-13-22-8-7-14-32(21-22)15-16-33-17-18-34-26-20-27(31(35)36)38-30(26)28(23-9-3-2-4-10-23)29(34)24-11-5-6-12-25(24)33;;/h5-6,11-12,20,22-23H,2-4,7-10,13-19,21H2,1H3,(H,35,36);2*1H/t22-;;/m0../s1. The second kappa shape index (κ2) is 13.9. The minimum absolute atomic E-state index is 0. The van der Waals surface area contributed by atoms with Gasteiger partial charge in [-0.15, -0.1) is 36.2 Å². The van der Waals surface area contributed by atoms with Crippen molar-refractivity contribution in [3.63, 3.8) is 0 Å². The van der Waals surface area contributed by atoms with Gasteiger partial charge in [-0.1, -0.05) is 37.5 Å². The maximum Gasteiger partial charge on any atom is 0.345 e. The normalized spacial score (nSPS) is 19.8. The van der Waals surface area contributed by atoms with Crippen LogP contribution in [-0.2, 0) is 11.3 Å². The lowest BCUT2D eigenvalue weighted by Crippen LogP contribution is -2.41. The van der Waals surface area contributed by atoms with Crippen LogP contribution in [0.5, 0.6) is 0 Å². The lowest BCUT2D eigenvalue weighted by atomic mass is 9.83. The Kier molecular flexibility index (Phi) is 10.9. The number of benzene rings is 1. The van der Waals surface area contributed by atoms with Crippen molar-refractivity contribution >= 4 is 58.0 Å². The molecule has 3 aliphatic rings. The Hall–Kier alpha value is -1.77. The van der Waals surface area contributed by atoms with E-state index in [0.717, 1.165) is 50.6 Å². The Bertz CT molecular complexity index is 1290. The topological polar surface area (TPSA) is 57.9 Å². The number of ether oxygens (including phenoxy) is 1. The van der Waals surface area contributed by atoms with Crippen molar-refractivity contribution in [1.29, 1.82) is 0 Å². The molecule has 3 aromatic rings. The van der Waals surface area contributed by atoms with Crippen molar-refractivity contribution in [2.45, 2.75) is 63.8 Å². The molecule has 0 radical (unpaired) electrons. The number of nitrogens with zero attached hydrogens (tertiary/aromatic N) is 3. The van der Waals surface area contributed by atoms with E-state index >= 15 is 0 Å². The van der Waals surface area contributed by atoms with Crippen LogP contribution in [0.1, 0.15) is 72.5 Å². The molecule has 0 amide bonds. The predicted molar refractivity (Wildman–Crippen MR) is 170 cm³/mol. The van der Waals surface area contributed by atoms with Gasteiger partial charge in [-0.05, 0) is 68.2 Å². The second-order valence-corrected chi connectivity index (χ2v) is 12.5. The van der Waals surface area contributed by atoms with E-state index in [4.69, 9.17) is 4.74 Å². The molecule has 6 nitrogen and oxygen atoms in total. The molecule has 1 saturated carbocycles. The zero-order valence-corrected chi connectivity index (χ0v) is 25.9. The number of likely N-dealkylation sites (tertiary alicyclic amines) is 1. The highest BCUT2D eigenvalue weighted by Gasteiger charge is 2.32. The van der Waals surface area contributed by atoms with Crippen LogP contribution in [0.2, 0.25) is 0 Å². The summed E-state index contributed by atoms with van der Waals surface area (Å²) < 4.78 is 9.02. The number of aromatic nitrogens is 1. The molecule has 1 atom stereocenters. The third kappa shape index (κ3) is 6.19. The highest BCUT2D eigenvalue weighted by molar-refractivity contribution is 7.21. The summed E-state index contributed by atoms with van der Waals surface area (Å²) in [6.07, 6.45) is 10.0. The van der Waals surface area contributed by atoms with Crippen molar-refractivity contribution in [3.8, 4) is 11.3 Å². The van der Waals surface area contributed by atoms with E-state index < -0.39 is 5.97 Å². The van der Waals surface area contributed by atoms with Gasteiger partial charge >= 0.3 is 5.97 Å². The summed E-state index contributed by atoms with van der Waals surface area (Å²) >= 11 is 1.49. The fourth-order valence-corrected chi connectivity index (χ4v) is 8.33. The van der Waals surface area contributed by atoms with Crippen molar-refractivity contribution in [1.82, 2.24) is 9.47 Å². The number of hydrogen-bond acceptors (Lipinski definition) is 5. The van der Waals surface area contributed by atoms with Gasteiger partial charge in [-0.2, -0.15) is 0 Å². The minimum Gasteiger partial charge on any atom is -0.477 e. The van der Waals surface area contributed by atoms with Crippen LogP contribution in [0, 0.1) is 5.92 Å². The maximum atomic E-state index is 11.9. The Morgan fingerprint density at radius 1 is 1.02 bits per heavy atom. The molecule has 0 spiro atoms. The molecule has 4 heterocycles. The number of rotatable bonds is 8. The number of carboxylic acids is 1. The van der Waals surface area contributed by atoms with Crippen molar-refractivity contribution in [2.75, 3.05) is 51.3 Å². The van der Waals surface area contributed by atoms with E-state index in [1.54, 1.807) is 7.11 Å². The molecule has 0 unspecified atom stereocenters. The zero-order chi connectivity index (χ0) is 26.1. The van der Waals surface area contributed by atoms with Gasteiger partial charge in [-0.25, -0.2) is 4.79 Å². The quantitative estimate of drug-likeness (QED) is 0.287. The number of para-hydroxylation sites is 1. The summed E-state index contributed by atoms with van der Waals surface area (Å²) in [5, 5.41) is 9.81. The molecule has 2 fully saturated rings. The summed E-state index contributed by atoms with van der Waals surface area (Å²) in [7, 11) is 1.80. The van der Waals surface area contributed by atoms with E-state index in [1.165, 1.54) is 96.6 Å². The van der Waals surface area contributed by atoms with Crippen molar-refractivity contribution < 1.29 is 14.6 Å². The van der Waals surface area contributed by atoms with Gasteiger partial charge in [0.1, 0.15) is 4.88 Å². The number of piperidine rings is 1. The molecular weight excluding hydrogens is 565 g/mol. The number of fused-ring (bicyclic) bond motifs is 5. The lowest BCUT2D eigenvalue weighted by molar-refractivity contribution is 0.0702. The third-order valence-electron chi connectivity index (χ3n) is 9.11. The van der Waals surface area contributed by atoms with Gasteiger partial charge in [0.2, 0.25) is 0 Å². The summed E-state index contributed by atoms with van der Waals surface area (Å²) in [5.74, 6) is 0.449. The SMILES string of the molecule is COCC[C@@H]1CCCN(CCN2CCn3c(c(C4CCCCC4)c4sc(C(=O)O)cc43)-c3ccccc32)C1.Cl.Cl. The van der Waals surface area contributed by atoms with Crippen LogP contribution in [0.25, 0.3) is 21.5 Å². The number of hydrogen-bond donors (Lipinski definition) is 1. The number of aromatic carboxylic acids is 1. The van der Waals surface area contributed by atoms with Gasteiger partial charge < -0.3 is 24.2 Å². The zero-order valence-electron chi connectivity index (χ0n) is 23.5. The molecule has 0 bridgehead atoms. The van der Waals surface area contributed by atoms with Crippen molar-refractivity contribution in [2.24, 2.45) is 5.92 Å². The van der Waals surface area contributed by atoms with Crippen LogP contribution >= 0.6 is 36.2 Å².